The van der Waals surface area contributed by atoms with Crippen LogP contribution in [0.2, 0.25) is 0 Å². The lowest BCUT2D eigenvalue weighted by Crippen LogP contribution is -2.49. The highest BCUT2D eigenvalue weighted by atomic mass is 16.3. The second-order valence-electron chi connectivity index (χ2n) is 5.32. The van der Waals surface area contributed by atoms with E-state index in [1.54, 1.807) is 6.20 Å². The van der Waals surface area contributed by atoms with E-state index in [-0.39, 0.29) is 0 Å². The minimum absolute atomic E-state index is 0.384. The van der Waals surface area contributed by atoms with Gasteiger partial charge in [-0.1, -0.05) is 6.92 Å². The van der Waals surface area contributed by atoms with Crippen molar-refractivity contribution >= 4 is 16.9 Å². The van der Waals surface area contributed by atoms with Gasteiger partial charge in [0.1, 0.15) is 12.1 Å². The maximum Gasteiger partial charge on any atom is 0.169 e. The first kappa shape index (κ1) is 13.0. The summed E-state index contributed by atoms with van der Waals surface area (Å²) in [6.07, 6.45) is 4.25. The van der Waals surface area contributed by atoms with Crippen LogP contribution in [0.25, 0.3) is 11.0 Å². The maximum absolute atomic E-state index is 10.7. The summed E-state index contributed by atoms with van der Waals surface area (Å²) in [7, 11) is 2.04. The zero-order valence-electron chi connectivity index (χ0n) is 11.7. The molecule has 20 heavy (non-hydrogen) atoms. The molecule has 3 rings (SSSR count). The molecule has 106 valence electrons. The van der Waals surface area contributed by atoms with Crippen molar-refractivity contribution in [1.82, 2.24) is 20.0 Å². The number of nitrogens with one attached hydrogen (secondary N) is 1. The Kier molecular flexibility index (Phi) is 3.35. The summed E-state index contributed by atoms with van der Waals surface area (Å²) in [5, 5.41) is 7.21. The van der Waals surface area contributed by atoms with Crippen molar-refractivity contribution in [1.29, 1.82) is 0 Å². The Balaban J connectivity index is 2.00. The van der Waals surface area contributed by atoms with E-state index in [0.29, 0.717) is 17.6 Å². The third-order valence-corrected chi connectivity index (χ3v) is 4.15. The van der Waals surface area contributed by atoms with Crippen LogP contribution in [0.1, 0.15) is 13.3 Å². The molecular formula is C13H18N6O. The van der Waals surface area contributed by atoms with Crippen LogP contribution in [0.5, 0.6) is 0 Å². The minimum atomic E-state index is 0.384. The molecule has 0 saturated carbocycles. The second-order valence-corrected chi connectivity index (χ2v) is 5.32. The number of likely N-dealkylation sites (N-methyl/N-ethyl adjacent to an activating group) is 1. The van der Waals surface area contributed by atoms with Crippen LogP contribution in [0.15, 0.2) is 23.9 Å². The number of piperidine rings is 1. The zero-order chi connectivity index (χ0) is 14.1. The lowest BCUT2D eigenvalue weighted by atomic mass is 9.93. The van der Waals surface area contributed by atoms with Gasteiger partial charge in [0.15, 0.2) is 5.65 Å². The first-order valence-corrected chi connectivity index (χ1v) is 6.81. The van der Waals surface area contributed by atoms with Gasteiger partial charge in [-0.15, -0.1) is 4.91 Å². The highest BCUT2D eigenvalue weighted by molar-refractivity contribution is 5.87. The molecule has 1 saturated heterocycles. The lowest BCUT2D eigenvalue weighted by molar-refractivity contribution is 0.338. The van der Waals surface area contributed by atoms with Crippen molar-refractivity contribution < 1.29 is 0 Å². The minimum Gasteiger partial charge on any atom is -0.354 e. The van der Waals surface area contributed by atoms with Gasteiger partial charge in [-0.2, -0.15) is 4.68 Å². The molecule has 0 bridgehead atoms. The summed E-state index contributed by atoms with van der Waals surface area (Å²) < 4.78 is 1.23. The fourth-order valence-corrected chi connectivity index (χ4v) is 2.92. The Labute approximate surface area is 116 Å². The number of hydrogen-bond donors (Lipinski definition) is 1. The molecular weight excluding hydrogens is 256 g/mol. The van der Waals surface area contributed by atoms with Crippen molar-refractivity contribution in [2.75, 3.05) is 25.0 Å². The summed E-state index contributed by atoms with van der Waals surface area (Å²) in [6.45, 7) is 4.27. The van der Waals surface area contributed by atoms with Crippen LogP contribution in [0.3, 0.4) is 0 Å². The average Bonchev–Trinajstić information content (AvgIpc) is 2.90. The van der Waals surface area contributed by atoms with Crippen LogP contribution < -0.4 is 10.2 Å². The molecule has 0 radical (unpaired) electrons. The van der Waals surface area contributed by atoms with Crippen LogP contribution in [0, 0.1) is 10.8 Å². The van der Waals surface area contributed by atoms with Crippen LogP contribution in [-0.2, 0) is 0 Å². The van der Waals surface area contributed by atoms with E-state index in [9.17, 15) is 4.91 Å². The third-order valence-electron chi connectivity index (χ3n) is 4.15. The van der Waals surface area contributed by atoms with Crippen molar-refractivity contribution in [3.05, 3.63) is 23.5 Å². The maximum atomic E-state index is 10.7. The Morgan fingerprint density at radius 2 is 2.35 bits per heavy atom. The topological polar surface area (TPSA) is 75.4 Å². The quantitative estimate of drug-likeness (QED) is 0.856. The van der Waals surface area contributed by atoms with Gasteiger partial charge in [-0.25, -0.2) is 9.97 Å². The molecule has 3 heterocycles. The summed E-state index contributed by atoms with van der Waals surface area (Å²) in [4.78, 5) is 21.5. The van der Waals surface area contributed by atoms with Gasteiger partial charge in [0.25, 0.3) is 0 Å². The van der Waals surface area contributed by atoms with Crippen molar-refractivity contribution in [3.8, 4) is 0 Å². The molecule has 2 aromatic rings. The molecule has 0 spiro atoms. The molecule has 0 unspecified atom stereocenters. The molecule has 2 atom stereocenters. The van der Waals surface area contributed by atoms with E-state index >= 15 is 0 Å². The third kappa shape index (κ3) is 2.03. The number of anilines is 1. The van der Waals surface area contributed by atoms with E-state index < -0.39 is 0 Å². The first-order chi connectivity index (χ1) is 9.72. The van der Waals surface area contributed by atoms with Crippen molar-refractivity contribution in [3.63, 3.8) is 0 Å². The normalized spacial score (nSPS) is 22.9. The number of aromatic nitrogens is 3. The summed E-state index contributed by atoms with van der Waals surface area (Å²) in [6, 6.07) is 2.22. The van der Waals surface area contributed by atoms with Crippen LogP contribution in [0.4, 0.5) is 5.82 Å². The zero-order valence-corrected chi connectivity index (χ0v) is 11.7. The summed E-state index contributed by atoms with van der Waals surface area (Å²) in [5.74, 6) is 1.44. The summed E-state index contributed by atoms with van der Waals surface area (Å²) in [5.41, 5.74) is 0.549. The molecule has 0 amide bonds. The molecule has 1 aliphatic heterocycles. The Hall–Kier alpha value is -2.02. The lowest BCUT2D eigenvalue weighted by Gasteiger charge is -2.37. The number of hydrogen-bond acceptors (Lipinski definition) is 6. The predicted molar refractivity (Wildman–Crippen MR) is 77.6 cm³/mol. The Morgan fingerprint density at radius 1 is 1.50 bits per heavy atom. The van der Waals surface area contributed by atoms with E-state index in [0.717, 1.165) is 30.7 Å². The number of fused-ring (bicyclic) bond motifs is 1. The molecule has 0 aromatic carbocycles. The van der Waals surface area contributed by atoms with E-state index in [4.69, 9.17) is 0 Å². The highest BCUT2D eigenvalue weighted by Gasteiger charge is 2.27. The van der Waals surface area contributed by atoms with E-state index in [2.05, 4.69) is 32.4 Å². The Bertz CT molecular complexity index is 624. The molecule has 7 heteroatoms. The van der Waals surface area contributed by atoms with Gasteiger partial charge >= 0.3 is 0 Å². The number of nitrogens with zero attached hydrogens (tertiary/aromatic N) is 5. The highest BCUT2D eigenvalue weighted by Crippen LogP contribution is 2.27. The second kappa shape index (κ2) is 5.16. The first-order valence-electron chi connectivity index (χ1n) is 6.81. The van der Waals surface area contributed by atoms with Gasteiger partial charge in [0.05, 0.1) is 10.7 Å². The van der Waals surface area contributed by atoms with Crippen molar-refractivity contribution in [2.24, 2.45) is 11.2 Å². The predicted octanol–water partition coefficient (Wildman–Crippen LogP) is 1.39. The molecule has 1 fully saturated rings. The largest absolute Gasteiger partial charge is 0.354 e. The van der Waals surface area contributed by atoms with Crippen LogP contribution >= 0.6 is 0 Å². The van der Waals surface area contributed by atoms with E-state index in [1.165, 1.54) is 11.0 Å². The standard InChI is InChI=1S/C13H18N6O/c1-9-3-5-14-7-11(9)18(2)12-10-4-6-19(17-20)13(10)16-8-15-12/h4,6,8-9,11,14H,3,5,7H2,1-2H3/t9-,11+/m1/s1. The molecule has 1 aliphatic rings. The van der Waals surface area contributed by atoms with Gasteiger partial charge in [0, 0.05) is 25.8 Å². The summed E-state index contributed by atoms with van der Waals surface area (Å²) >= 11 is 0. The smallest absolute Gasteiger partial charge is 0.169 e. The van der Waals surface area contributed by atoms with Gasteiger partial charge in [-0.3, -0.25) is 0 Å². The number of nitroso groups, excluding NO2 is 1. The average molecular weight is 274 g/mol. The molecule has 7 nitrogen and oxygen atoms in total. The van der Waals surface area contributed by atoms with Gasteiger partial charge in [-0.05, 0) is 24.9 Å². The van der Waals surface area contributed by atoms with Crippen molar-refractivity contribution in [2.45, 2.75) is 19.4 Å². The van der Waals surface area contributed by atoms with Crippen LogP contribution in [-0.4, -0.2) is 40.8 Å². The van der Waals surface area contributed by atoms with Gasteiger partial charge in [0.2, 0.25) is 0 Å². The van der Waals surface area contributed by atoms with Gasteiger partial charge < -0.3 is 10.2 Å². The molecule has 2 aromatic heterocycles. The molecule has 0 aliphatic carbocycles. The monoisotopic (exact) mass is 274 g/mol. The molecule has 1 N–H and O–H groups in total. The van der Waals surface area contributed by atoms with E-state index in [1.807, 2.05) is 13.1 Å². The number of rotatable bonds is 3. The fourth-order valence-electron chi connectivity index (χ4n) is 2.92. The fraction of sp³-hybridized carbons (Fsp3) is 0.538. The Morgan fingerprint density at radius 3 is 3.10 bits per heavy atom. The SMILES string of the molecule is C[C@@H]1CCNC[C@@H]1N(C)c1ncnc2c1ccn2N=O.